The van der Waals surface area contributed by atoms with E-state index in [-0.39, 0.29) is 0 Å². The number of carboxylic acids is 1. The van der Waals surface area contributed by atoms with Crippen LogP contribution < -0.4 is 10.1 Å². The number of carboxylic acid groups (broad SMARTS) is 1. The van der Waals surface area contributed by atoms with E-state index in [1.54, 1.807) is 26.8 Å². The number of amides is 1. The van der Waals surface area contributed by atoms with E-state index in [9.17, 15) is 9.59 Å². The number of aliphatic carboxylic acids is 1. The van der Waals surface area contributed by atoms with Gasteiger partial charge in [-0.2, -0.15) is 0 Å². The molecule has 2 N–H and O–H groups in total. The summed E-state index contributed by atoms with van der Waals surface area (Å²) in [4.78, 5) is 22.5. The van der Waals surface area contributed by atoms with Crippen LogP contribution in [-0.2, 0) is 9.53 Å². The molecule has 0 bridgehead atoms. The maximum absolute atomic E-state index is 11.9. The quantitative estimate of drug-likeness (QED) is 0.890. The summed E-state index contributed by atoms with van der Waals surface area (Å²) in [6.45, 7) is 10.4. The molecule has 0 aromatic heterocycles. The minimum Gasteiger partial charge on any atom is -0.482 e. The normalized spacial score (nSPS) is 11.0. The number of hydrogen-bond acceptors (Lipinski definition) is 4. The van der Waals surface area contributed by atoms with Crippen LogP contribution in [0.25, 0.3) is 0 Å². The Bertz CT molecular complexity index is 587. The lowest BCUT2D eigenvalue weighted by Crippen LogP contribution is -2.27. The first kappa shape index (κ1) is 17.8. The summed E-state index contributed by atoms with van der Waals surface area (Å²) in [5.41, 5.74) is 2.43. The largest absolute Gasteiger partial charge is 0.482 e. The van der Waals surface area contributed by atoms with Gasteiger partial charge in [0.05, 0.1) is 5.69 Å². The van der Waals surface area contributed by atoms with E-state index in [0.717, 1.165) is 16.7 Å². The summed E-state index contributed by atoms with van der Waals surface area (Å²) in [6, 6.07) is 1.71. The molecule has 0 aliphatic rings. The van der Waals surface area contributed by atoms with Crippen LogP contribution >= 0.6 is 0 Å². The van der Waals surface area contributed by atoms with Gasteiger partial charge in [0, 0.05) is 0 Å². The summed E-state index contributed by atoms with van der Waals surface area (Å²) in [5.74, 6) is -0.544. The van der Waals surface area contributed by atoms with Crippen molar-refractivity contribution >= 4 is 17.7 Å². The Morgan fingerprint density at radius 1 is 1.18 bits per heavy atom. The monoisotopic (exact) mass is 309 g/mol. The van der Waals surface area contributed by atoms with Gasteiger partial charge in [-0.1, -0.05) is 0 Å². The summed E-state index contributed by atoms with van der Waals surface area (Å²) in [7, 11) is 0. The summed E-state index contributed by atoms with van der Waals surface area (Å²) >= 11 is 0. The van der Waals surface area contributed by atoms with Gasteiger partial charge in [-0.25, -0.2) is 9.59 Å². The molecule has 0 heterocycles. The molecule has 1 aromatic carbocycles. The zero-order valence-corrected chi connectivity index (χ0v) is 13.9. The smallest absolute Gasteiger partial charge is 0.412 e. The molecule has 1 rings (SSSR count). The van der Waals surface area contributed by atoms with Gasteiger partial charge in [-0.05, 0) is 64.3 Å². The molecular formula is C16H23NO5. The second kappa shape index (κ2) is 6.68. The molecule has 0 saturated carbocycles. The van der Waals surface area contributed by atoms with Gasteiger partial charge in [-0.15, -0.1) is 0 Å². The minimum absolute atomic E-state index is 0.404. The highest BCUT2D eigenvalue weighted by atomic mass is 16.6. The lowest BCUT2D eigenvalue weighted by molar-refractivity contribution is -0.139. The predicted molar refractivity (Wildman–Crippen MR) is 83.6 cm³/mol. The van der Waals surface area contributed by atoms with Crippen molar-refractivity contribution in [1.29, 1.82) is 0 Å². The third-order valence-corrected chi connectivity index (χ3v) is 3.03. The molecular weight excluding hydrogens is 286 g/mol. The Kier molecular flexibility index (Phi) is 5.41. The maximum atomic E-state index is 11.9. The molecule has 0 fully saturated rings. The first-order valence-electron chi connectivity index (χ1n) is 6.96. The van der Waals surface area contributed by atoms with Gasteiger partial charge >= 0.3 is 12.1 Å². The van der Waals surface area contributed by atoms with Crippen molar-refractivity contribution in [2.45, 2.75) is 47.1 Å². The number of ether oxygens (including phenoxy) is 2. The lowest BCUT2D eigenvalue weighted by Gasteiger charge is -2.22. The number of rotatable bonds is 4. The van der Waals surface area contributed by atoms with Crippen LogP contribution in [0.5, 0.6) is 5.75 Å². The van der Waals surface area contributed by atoms with Gasteiger partial charge in [0.1, 0.15) is 11.4 Å². The standard InChI is InChI=1S/C16H23NO5/c1-9-7-12(21-8-13(18)19)10(2)11(3)14(9)17-15(20)22-16(4,5)6/h7H,8H2,1-6H3,(H,17,20)(H,18,19). The minimum atomic E-state index is -1.04. The molecule has 0 radical (unpaired) electrons. The molecule has 0 aliphatic heterocycles. The fraction of sp³-hybridized carbons (Fsp3) is 0.500. The van der Waals surface area contributed by atoms with E-state index in [0.29, 0.717) is 11.4 Å². The molecule has 122 valence electrons. The van der Waals surface area contributed by atoms with Crippen molar-refractivity contribution in [2.24, 2.45) is 0 Å². The van der Waals surface area contributed by atoms with Crippen molar-refractivity contribution in [3.05, 3.63) is 22.8 Å². The zero-order valence-electron chi connectivity index (χ0n) is 13.9. The molecule has 6 nitrogen and oxygen atoms in total. The highest BCUT2D eigenvalue weighted by Gasteiger charge is 2.19. The second-order valence-electron chi connectivity index (χ2n) is 6.13. The predicted octanol–water partition coefficient (Wildman–Crippen LogP) is 3.42. The van der Waals surface area contributed by atoms with Crippen molar-refractivity contribution in [2.75, 3.05) is 11.9 Å². The Balaban J connectivity index is 3.00. The number of hydrogen-bond donors (Lipinski definition) is 2. The van der Waals surface area contributed by atoms with Gasteiger partial charge in [0.2, 0.25) is 0 Å². The van der Waals surface area contributed by atoms with E-state index in [1.807, 2.05) is 20.8 Å². The molecule has 0 unspecified atom stereocenters. The SMILES string of the molecule is Cc1cc(OCC(=O)O)c(C)c(C)c1NC(=O)OC(C)(C)C. The van der Waals surface area contributed by atoms with Gasteiger partial charge in [-0.3, -0.25) is 5.32 Å². The number of anilines is 1. The van der Waals surface area contributed by atoms with Crippen LogP contribution in [0.15, 0.2) is 6.07 Å². The van der Waals surface area contributed by atoms with Crippen LogP contribution in [0.2, 0.25) is 0 Å². The third kappa shape index (κ3) is 4.95. The number of carbonyl (C=O) groups excluding carboxylic acids is 1. The Hall–Kier alpha value is -2.24. The van der Waals surface area contributed by atoms with Gasteiger partial charge in [0.25, 0.3) is 0 Å². The summed E-state index contributed by atoms with van der Waals surface area (Å²) in [5, 5.41) is 11.4. The van der Waals surface area contributed by atoms with E-state index in [4.69, 9.17) is 14.6 Å². The summed E-state index contributed by atoms with van der Waals surface area (Å²) in [6.07, 6.45) is -0.530. The lowest BCUT2D eigenvalue weighted by atomic mass is 10.0. The third-order valence-electron chi connectivity index (χ3n) is 3.03. The van der Waals surface area contributed by atoms with Crippen molar-refractivity contribution < 1.29 is 24.2 Å². The average molecular weight is 309 g/mol. The van der Waals surface area contributed by atoms with Crippen molar-refractivity contribution in [3.8, 4) is 5.75 Å². The van der Waals surface area contributed by atoms with Crippen LogP contribution in [0, 0.1) is 20.8 Å². The molecule has 0 spiro atoms. The average Bonchev–Trinajstić information content (AvgIpc) is 2.35. The Morgan fingerprint density at radius 3 is 2.27 bits per heavy atom. The number of aryl methyl sites for hydroxylation is 1. The maximum Gasteiger partial charge on any atom is 0.412 e. The van der Waals surface area contributed by atoms with Crippen LogP contribution in [0.3, 0.4) is 0 Å². The van der Waals surface area contributed by atoms with Crippen LogP contribution in [0.1, 0.15) is 37.5 Å². The van der Waals surface area contributed by atoms with Gasteiger partial charge in [0.15, 0.2) is 6.61 Å². The van der Waals surface area contributed by atoms with E-state index < -0.39 is 24.3 Å². The Morgan fingerprint density at radius 2 is 1.77 bits per heavy atom. The van der Waals surface area contributed by atoms with Crippen molar-refractivity contribution in [1.82, 2.24) is 0 Å². The number of nitrogens with one attached hydrogen (secondary N) is 1. The first-order valence-corrected chi connectivity index (χ1v) is 6.96. The molecule has 0 saturated heterocycles. The highest BCUT2D eigenvalue weighted by Crippen LogP contribution is 2.31. The number of carbonyl (C=O) groups is 2. The molecule has 1 amide bonds. The van der Waals surface area contributed by atoms with E-state index in [1.165, 1.54) is 0 Å². The molecule has 22 heavy (non-hydrogen) atoms. The molecule has 1 aromatic rings. The summed E-state index contributed by atoms with van der Waals surface area (Å²) < 4.78 is 10.5. The second-order valence-corrected chi connectivity index (χ2v) is 6.13. The van der Waals surface area contributed by atoms with E-state index >= 15 is 0 Å². The van der Waals surface area contributed by atoms with Crippen LogP contribution in [-0.4, -0.2) is 29.4 Å². The van der Waals surface area contributed by atoms with Crippen molar-refractivity contribution in [3.63, 3.8) is 0 Å². The Labute approximate surface area is 130 Å². The fourth-order valence-corrected chi connectivity index (χ4v) is 1.93. The topological polar surface area (TPSA) is 84.9 Å². The highest BCUT2D eigenvalue weighted by molar-refractivity contribution is 5.87. The fourth-order valence-electron chi connectivity index (χ4n) is 1.93. The molecule has 6 heteroatoms. The molecule has 0 aliphatic carbocycles. The first-order chi connectivity index (χ1) is 10.0. The van der Waals surface area contributed by atoms with Crippen LogP contribution in [0.4, 0.5) is 10.5 Å². The zero-order chi connectivity index (χ0) is 17.1. The van der Waals surface area contributed by atoms with Gasteiger partial charge < -0.3 is 14.6 Å². The number of benzene rings is 1. The van der Waals surface area contributed by atoms with E-state index in [2.05, 4.69) is 5.32 Å². The molecule has 0 atom stereocenters.